The number of fused-ring (bicyclic) bond motifs is 3. The first-order valence-electron chi connectivity index (χ1n) is 14.3. The Balaban J connectivity index is 0.00000462. The third kappa shape index (κ3) is 6.66. The van der Waals surface area contributed by atoms with Crippen molar-refractivity contribution in [2.24, 2.45) is 18.4 Å². The van der Waals surface area contributed by atoms with Crippen LogP contribution in [-0.2, 0) is 27.7 Å². The average Bonchev–Trinajstić information content (AvgIpc) is 3.41. The number of hydrogen-bond acceptors (Lipinski definition) is 7. The van der Waals surface area contributed by atoms with Crippen LogP contribution in [0, 0.1) is 11.3 Å². The number of benzene rings is 1. The Labute approximate surface area is 249 Å². The van der Waals surface area contributed by atoms with Crippen molar-refractivity contribution in [1.29, 1.82) is 0 Å². The van der Waals surface area contributed by atoms with Gasteiger partial charge in [0.15, 0.2) is 12.5 Å². The molecule has 1 aromatic heterocycles. The molecule has 0 radical (unpaired) electrons. The monoisotopic (exact) mass is 588 g/mol. The highest BCUT2D eigenvalue weighted by atomic mass is 35.5. The smallest absolute Gasteiger partial charge is 0.407 e. The third-order valence-corrected chi connectivity index (χ3v) is 8.52. The molecule has 1 amide bonds. The Morgan fingerprint density at radius 2 is 1.73 bits per heavy atom. The zero-order chi connectivity index (χ0) is 29.2. The van der Waals surface area contributed by atoms with Gasteiger partial charge in [-0.3, -0.25) is 9.59 Å². The molecule has 0 bridgehead atoms. The Hall–Kier alpha value is -3.20. The number of alkyl carbamates (subject to hydrolysis) is 1. The summed E-state index contributed by atoms with van der Waals surface area (Å²) in [5.41, 5.74) is 1.63. The first-order valence-corrected chi connectivity index (χ1v) is 14.3. The van der Waals surface area contributed by atoms with Crippen molar-refractivity contribution in [1.82, 2.24) is 19.7 Å². The van der Waals surface area contributed by atoms with Gasteiger partial charge in [0.1, 0.15) is 11.8 Å². The topological polar surface area (TPSA) is 93.1 Å². The lowest BCUT2D eigenvalue weighted by Gasteiger charge is -2.34. The van der Waals surface area contributed by atoms with E-state index in [0.717, 1.165) is 35.0 Å². The second-order valence-electron chi connectivity index (χ2n) is 12.0. The van der Waals surface area contributed by atoms with Crippen LogP contribution in [-0.4, -0.2) is 63.8 Å². The third-order valence-electron chi connectivity index (χ3n) is 8.52. The molecule has 0 spiro atoms. The second kappa shape index (κ2) is 12.8. The predicted octanol–water partition coefficient (Wildman–Crippen LogP) is 5.61. The number of Topliss-reactive ketones (excluding diaryl/α,β-unsaturated/α-hetero) is 1. The fourth-order valence-corrected chi connectivity index (χ4v) is 5.77. The average molecular weight is 589 g/mol. The minimum Gasteiger partial charge on any atom is -0.444 e. The van der Waals surface area contributed by atoms with Crippen LogP contribution in [0.1, 0.15) is 76.9 Å². The van der Waals surface area contributed by atoms with Crippen LogP contribution in [0.4, 0.5) is 4.79 Å². The van der Waals surface area contributed by atoms with Crippen LogP contribution in [0.3, 0.4) is 0 Å². The van der Waals surface area contributed by atoms with Gasteiger partial charge in [0.2, 0.25) is 0 Å². The number of halogens is 1. The highest BCUT2D eigenvalue weighted by Crippen LogP contribution is 2.35. The summed E-state index contributed by atoms with van der Waals surface area (Å²) >= 11 is 0. The number of ketones is 1. The summed E-state index contributed by atoms with van der Waals surface area (Å²) in [5, 5.41) is 3.78. The molecule has 2 unspecified atom stereocenters. The number of aromatic nitrogens is 1. The van der Waals surface area contributed by atoms with Crippen LogP contribution in [0.25, 0.3) is 10.9 Å². The summed E-state index contributed by atoms with van der Waals surface area (Å²) in [4.78, 5) is 43.1. The maximum Gasteiger partial charge on any atom is 0.407 e. The number of carbonyl (C=O) groups excluding carboxylic acids is 3. The number of aryl methyl sites for hydroxylation is 1. The molecule has 9 nitrogen and oxygen atoms in total. The quantitative estimate of drug-likeness (QED) is 0.380. The van der Waals surface area contributed by atoms with E-state index in [-0.39, 0.29) is 49.5 Å². The Bertz CT molecular complexity index is 1290. The molecule has 41 heavy (non-hydrogen) atoms. The lowest BCUT2D eigenvalue weighted by atomic mass is 9.82. The minimum atomic E-state index is -0.839. The van der Waals surface area contributed by atoms with Crippen molar-refractivity contribution >= 4 is 41.2 Å². The highest BCUT2D eigenvalue weighted by Gasteiger charge is 2.39. The summed E-state index contributed by atoms with van der Waals surface area (Å²) in [6.07, 6.45) is 6.00. The van der Waals surface area contributed by atoms with Gasteiger partial charge in [-0.1, -0.05) is 32.0 Å². The largest absolute Gasteiger partial charge is 0.444 e. The lowest BCUT2D eigenvalue weighted by Crippen LogP contribution is -2.46. The zero-order valence-corrected chi connectivity index (χ0v) is 26.2. The molecule has 2 heterocycles. The molecule has 2 atom stereocenters. The summed E-state index contributed by atoms with van der Waals surface area (Å²) in [7, 11) is 2.04. The summed E-state index contributed by atoms with van der Waals surface area (Å²) < 4.78 is 13.3. The molecule has 2 aromatic rings. The van der Waals surface area contributed by atoms with E-state index in [0.29, 0.717) is 19.4 Å². The van der Waals surface area contributed by atoms with Gasteiger partial charge < -0.3 is 29.2 Å². The van der Waals surface area contributed by atoms with Crippen LogP contribution in [0.5, 0.6) is 0 Å². The number of nitrogens with zero attached hydrogens (tertiary/aromatic N) is 3. The second-order valence-corrected chi connectivity index (χ2v) is 12.0. The van der Waals surface area contributed by atoms with Crippen LogP contribution >= 0.6 is 12.4 Å². The number of hydrogen-bond donors (Lipinski definition) is 1. The number of rotatable bonds is 9. The molecule has 4 rings (SSSR count). The molecule has 1 aromatic carbocycles. The van der Waals surface area contributed by atoms with Gasteiger partial charge in [-0.25, -0.2) is 4.79 Å². The number of amides is 1. The molecule has 2 aliphatic rings. The maximum absolute atomic E-state index is 13.6. The first-order chi connectivity index (χ1) is 18.9. The zero-order valence-electron chi connectivity index (χ0n) is 25.4. The van der Waals surface area contributed by atoms with Crippen LogP contribution in [0.15, 0.2) is 36.7 Å². The summed E-state index contributed by atoms with van der Waals surface area (Å²) in [6.45, 7) is 12.1. The minimum absolute atomic E-state index is 0. The molecular weight excluding hydrogens is 544 g/mol. The van der Waals surface area contributed by atoms with Gasteiger partial charge in [0.05, 0.1) is 5.41 Å². The lowest BCUT2D eigenvalue weighted by molar-refractivity contribution is -0.161. The van der Waals surface area contributed by atoms with Crippen molar-refractivity contribution in [3.63, 3.8) is 0 Å². The van der Waals surface area contributed by atoms with E-state index in [9.17, 15) is 14.4 Å². The molecule has 0 fully saturated rings. The fraction of sp³-hybridized carbons (Fsp3) is 0.581. The molecule has 1 aliphatic heterocycles. The number of nitrogens with one attached hydrogen (secondary N) is 1. The molecular formula is C31H45ClN4O5. The van der Waals surface area contributed by atoms with E-state index in [1.54, 1.807) is 20.8 Å². The Morgan fingerprint density at radius 3 is 2.39 bits per heavy atom. The Kier molecular flexibility index (Phi) is 10.1. The van der Waals surface area contributed by atoms with E-state index in [4.69, 9.17) is 9.47 Å². The number of carbonyl (C=O) groups is 3. The molecule has 0 saturated carbocycles. The Morgan fingerprint density at radius 1 is 1.07 bits per heavy atom. The highest BCUT2D eigenvalue weighted by molar-refractivity contribution is 6.11. The van der Waals surface area contributed by atoms with Crippen molar-refractivity contribution in [3.05, 3.63) is 47.9 Å². The van der Waals surface area contributed by atoms with E-state index >= 15 is 0 Å². The molecule has 1 N–H and O–H groups in total. The van der Waals surface area contributed by atoms with Crippen molar-refractivity contribution in [2.45, 2.75) is 79.0 Å². The number of esters is 1. The van der Waals surface area contributed by atoms with Crippen molar-refractivity contribution in [3.8, 4) is 0 Å². The van der Waals surface area contributed by atoms with Crippen LogP contribution in [0.2, 0.25) is 0 Å². The van der Waals surface area contributed by atoms with Crippen LogP contribution < -0.4 is 5.32 Å². The maximum atomic E-state index is 13.6. The van der Waals surface area contributed by atoms with E-state index in [2.05, 4.69) is 20.9 Å². The molecule has 1 aliphatic carbocycles. The van der Waals surface area contributed by atoms with Crippen molar-refractivity contribution < 1.29 is 23.9 Å². The van der Waals surface area contributed by atoms with E-state index < -0.39 is 17.1 Å². The van der Waals surface area contributed by atoms with E-state index in [1.165, 1.54) is 0 Å². The first kappa shape index (κ1) is 32.3. The number of ether oxygens (including phenoxy) is 2. The van der Waals surface area contributed by atoms with Gasteiger partial charge >= 0.3 is 12.1 Å². The predicted molar refractivity (Wildman–Crippen MR) is 162 cm³/mol. The van der Waals surface area contributed by atoms with Gasteiger partial charge in [-0.2, -0.15) is 0 Å². The number of para-hydroxylation sites is 1. The van der Waals surface area contributed by atoms with Gasteiger partial charge in [0, 0.05) is 60.6 Å². The molecule has 226 valence electrons. The van der Waals surface area contributed by atoms with Gasteiger partial charge in [-0.05, 0) is 59.4 Å². The van der Waals surface area contributed by atoms with Gasteiger partial charge in [0.25, 0.3) is 0 Å². The van der Waals surface area contributed by atoms with Gasteiger partial charge in [-0.15, -0.1) is 12.4 Å². The normalized spacial score (nSPS) is 18.8. The summed E-state index contributed by atoms with van der Waals surface area (Å²) in [6, 6.07) is 8.11. The SMILES string of the molecule is CCC(CC)(CNC(=O)OC(C)(C)C)C(=O)OCN1C=CN(CC2CCc3c(c4ccccc4n3C)C2=O)C1C.Cl. The standard InChI is InChI=1S/C31H44N4O5.ClH/c1-8-31(9-2,19-32-29(38)40-30(4,5)6)28(37)39-20-35-17-16-34(21(35)3)18-22-14-15-25-26(27(22)36)23-12-10-11-13-24(23)33(25)7;/h10-13,16-17,21-22H,8-9,14-15,18-20H2,1-7H3,(H,32,38);1H. The summed E-state index contributed by atoms with van der Waals surface area (Å²) in [5.74, 6) is -0.241. The fourth-order valence-electron chi connectivity index (χ4n) is 5.77. The van der Waals surface area contributed by atoms with E-state index in [1.807, 2.05) is 63.3 Å². The molecule has 10 heteroatoms. The molecule has 0 saturated heterocycles. The van der Waals surface area contributed by atoms with Crippen molar-refractivity contribution in [2.75, 3.05) is 19.8 Å².